The number of hydrogen-bond acceptors (Lipinski definition) is 4. The summed E-state index contributed by atoms with van der Waals surface area (Å²) in [6.07, 6.45) is 0.920. The third kappa shape index (κ3) is 4.24. The summed E-state index contributed by atoms with van der Waals surface area (Å²) in [4.78, 5) is 11.3. The van der Waals surface area contributed by atoms with Crippen LogP contribution in [-0.4, -0.2) is 28.6 Å². The van der Waals surface area contributed by atoms with E-state index >= 15 is 0 Å². The summed E-state index contributed by atoms with van der Waals surface area (Å²) in [5.41, 5.74) is 2.29. The van der Waals surface area contributed by atoms with Crippen molar-refractivity contribution in [3.05, 3.63) is 15.9 Å². The number of methoxy groups -OCH3 is 1. The minimum absolute atomic E-state index is 0.0718. The first-order valence-electron chi connectivity index (χ1n) is 6.44. The first-order chi connectivity index (χ1) is 9.04. The van der Waals surface area contributed by atoms with Crippen molar-refractivity contribution in [2.24, 2.45) is 5.92 Å². The van der Waals surface area contributed by atoms with Crippen molar-refractivity contribution in [2.75, 3.05) is 12.9 Å². The molecular formula is C13H21BrN2O2S. The van der Waals surface area contributed by atoms with Crippen molar-refractivity contribution >= 4 is 33.7 Å². The maximum Gasteiger partial charge on any atom is 0.309 e. The van der Waals surface area contributed by atoms with E-state index in [0.717, 1.165) is 34.6 Å². The number of carbonyl (C=O) groups is 1. The molecule has 0 aliphatic rings. The fourth-order valence-electron chi connectivity index (χ4n) is 1.76. The zero-order valence-corrected chi connectivity index (χ0v) is 14.3. The predicted molar refractivity (Wildman–Crippen MR) is 82.3 cm³/mol. The number of nitrogens with zero attached hydrogens (tertiary/aromatic N) is 2. The van der Waals surface area contributed by atoms with Crippen LogP contribution in [0.3, 0.4) is 0 Å². The Labute approximate surface area is 127 Å². The third-order valence-electron chi connectivity index (χ3n) is 2.90. The maximum atomic E-state index is 11.3. The van der Waals surface area contributed by atoms with Gasteiger partial charge in [0.15, 0.2) is 0 Å². The Morgan fingerprint density at radius 2 is 2.21 bits per heavy atom. The van der Waals surface area contributed by atoms with E-state index in [0.29, 0.717) is 0 Å². The fraction of sp³-hybridized carbons (Fsp3) is 0.692. The Balaban J connectivity index is 2.62. The average molecular weight is 349 g/mol. The van der Waals surface area contributed by atoms with Gasteiger partial charge in [0.1, 0.15) is 0 Å². The van der Waals surface area contributed by atoms with Gasteiger partial charge in [-0.1, -0.05) is 13.8 Å². The first kappa shape index (κ1) is 16.6. The van der Waals surface area contributed by atoms with Crippen LogP contribution in [0.2, 0.25) is 0 Å². The van der Waals surface area contributed by atoms with Gasteiger partial charge < -0.3 is 4.74 Å². The van der Waals surface area contributed by atoms with Crippen LogP contribution in [0.5, 0.6) is 0 Å². The Bertz CT molecular complexity index is 435. The molecule has 1 unspecified atom stereocenters. The van der Waals surface area contributed by atoms with Crippen LogP contribution in [0.4, 0.5) is 0 Å². The Kier molecular flexibility index (Phi) is 6.93. The van der Waals surface area contributed by atoms with E-state index in [2.05, 4.69) is 34.9 Å². The third-order valence-corrected chi connectivity index (χ3v) is 5.03. The number of aromatic nitrogens is 2. The molecule has 0 fully saturated rings. The molecular weight excluding hydrogens is 328 g/mol. The molecule has 0 radical (unpaired) electrons. The minimum atomic E-state index is -0.148. The smallest absolute Gasteiger partial charge is 0.309 e. The quantitative estimate of drug-likeness (QED) is 0.709. The zero-order valence-electron chi connectivity index (χ0n) is 11.9. The fourth-order valence-corrected chi connectivity index (χ4v) is 3.74. The largest absolute Gasteiger partial charge is 0.469 e. The van der Waals surface area contributed by atoms with Gasteiger partial charge in [-0.25, -0.2) is 0 Å². The van der Waals surface area contributed by atoms with Crippen molar-refractivity contribution in [1.29, 1.82) is 0 Å². The summed E-state index contributed by atoms with van der Waals surface area (Å²) < 4.78 is 7.86. The molecule has 0 amide bonds. The van der Waals surface area contributed by atoms with Gasteiger partial charge in [0, 0.05) is 18.1 Å². The summed E-state index contributed by atoms with van der Waals surface area (Å²) in [7, 11) is 1.43. The summed E-state index contributed by atoms with van der Waals surface area (Å²) in [5, 5.41) is 4.56. The number of halogens is 1. The number of aryl methyl sites for hydroxylation is 2. The second kappa shape index (κ2) is 7.94. The lowest BCUT2D eigenvalue weighted by Gasteiger charge is -2.09. The van der Waals surface area contributed by atoms with E-state index in [1.807, 2.05) is 11.6 Å². The van der Waals surface area contributed by atoms with Gasteiger partial charge in [-0.05, 0) is 29.3 Å². The Morgan fingerprint density at radius 3 is 2.74 bits per heavy atom. The number of ether oxygens (including phenoxy) is 1. The second-order valence-corrected chi connectivity index (χ2v) is 6.14. The molecule has 0 aliphatic carbocycles. The number of esters is 1. The molecule has 1 aromatic rings. The lowest BCUT2D eigenvalue weighted by atomic mass is 10.2. The van der Waals surface area contributed by atoms with E-state index in [1.54, 1.807) is 11.8 Å². The molecule has 0 aliphatic heterocycles. The number of carbonyl (C=O) groups excluding carboxylic acids is 1. The molecule has 108 valence electrons. The highest BCUT2D eigenvalue weighted by molar-refractivity contribution is 9.10. The highest BCUT2D eigenvalue weighted by Crippen LogP contribution is 2.26. The molecule has 4 nitrogen and oxygen atoms in total. The van der Waals surface area contributed by atoms with Crippen LogP contribution in [0.1, 0.15) is 32.2 Å². The van der Waals surface area contributed by atoms with Crippen LogP contribution in [0.25, 0.3) is 0 Å². The van der Waals surface area contributed by atoms with E-state index in [4.69, 9.17) is 4.74 Å². The van der Waals surface area contributed by atoms with Crippen molar-refractivity contribution < 1.29 is 9.53 Å². The summed E-state index contributed by atoms with van der Waals surface area (Å²) in [5.74, 6) is 1.39. The monoisotopic (exact) mass is 348 g/mol. The van der Waals surface area contributed by atoms with Crippen LogP contribution in [-0.2, 0) is 28.2 Å². The lowest BCUT2D eigenvalue weighted by molar-refractivity contribution is -0.143. The number of thioether (sulfide) groups is 1. The maximum absolute atomic E-state index is 11.3. The van der Waals surface area contributed by atoms with E-state index < -0.39 is 0 Å². The van der Waals surface area contributed by atoms with E-state index in [1.165, 1.54) is 12.8 Å². The SMILES string of the molecule is CCc1nn(CC)c(CSCC(C)C(=O)OC)c1Br. The van der Waals surface area contributed by atoms with Gasteiger partial charge in [0.25, 0.3) is 0 Å². The molecule has 19 heavy (non-hydrogen) atoms. The zero-order chi connectivity index (χ0) is 14.4. The van der Waals surface area contributed by atoms with Gasteiger partial charge >= 0.3 is 5.97 Å². The summed E-state index contributed by atoms with van der Waals surface area (Å²) >= 11 is 5.36. The first-order valence-corrected chi connectivity index (χ1v) is 8.39. The Hall–Kier alpha value is -0.490. The van der Waals surface area contributed by atoms with Crippen LogP contribution in [0, 0.1) is 5.92 Å². The van der Waals surface area contributed by atoms with Crippen molar-refractivity contribution in [3.63, 3.8) is 0 Å². The average Bonchev–Trinajstić information content (AvgIpc) is 2.74. The molecule has 0 aromatic carbocycles. The normalized spacial score (nSPS) is 12.5. The molecule has 0 N–H and O–H groups in total. The van der Waals surface area contributed by atoms with Gasteiger partial charge in [-0.15, -0.1) is 0 Å². The molecule has 0 spiro atoms. The molecule has 1 aromatic heterocycles. The van der Waals surface area contributed by atoms with Gasteiger partial charge in [0.05, 0.1) is 28.9 Å². The van der Waals surface area contributed by atoms with Crippen molar-refractivity contribution in [1.82, 2.24) is 9.78 Å². The molecule has 1 heterocycles. The summed E-state index contributed by atoms with van der Waals surface area (Å²) in [6.45, 7) is 6.94. The van der Waals surface area contributed by atoms with Crippen molar-refractivity contribution in [2.45, 2.75) is 39.5 Å². The Morgan fingerprint density at radius 1 is 1.53 bits per heavy atom. The minimum Gasteiger partial charge on any atom is -0.469 e. The molecule has 0 saturated heterocycles. The second-order valence-electron chi connectivity index (χ2n) is 4.32. The molecule has 0 saturated carbocycles. The number of rotatable bonds is 7. The van der Waals surface area contributed by atoms with Gasteiger partial charge in [-0.3, -0.25) is 9.48 Å². The molecule has 6 heteroatoms. The summed E-state index contributed by atoms with van der Waals surface area (Å²) in [6, 6.07) is 0. The molecule has 1 atom stereocenters. The van der Waals surface area contributed by atoms with Gasteiger partial charge in [0.2, 0.25) is 0 Å². The van der Waals surface area contributed by atoms with E-state index in [-0.39, 0.29) is 11.9 Å². The number of hydrogen-bond donors (Lipinski definition) is 0. The lowest BCUT2D eigenvalue weighted by Crippen LogP contribution is -2.15. The highest BCUT2D eigenvalue weighted by Gasteiger charge is 2.16. The molecule has 0 bridgehead atoms. The molecule has 1 rings (SSSR count). The van der Waals surface area contributed by atoms with Crippen molar-refractivity contribution in [3.8, 4) is 0 Å². The van der Waals surface area contributed by atoms with Crippen LogP contribution >= 0.6 is 27.7 Å². The van der Waals surface area contributed by atoms with Crippen LogP contribution in [0.15, 0.2) is 4.47 Å². The standard InChI is InChI=1S/C13H21BrN2O2S/c1-5-10-12(14)11(16(6-2)15-10)8-19-7-9(3)13(17)18-4/h9H,5-8H2,1-4H3. The highest BCUT2D eigenvalue weighted by atomic mass is 79.9. The van der Waals surface area contributed by atoms with Crippen LogP contribution < -0.4 is 0 Å². The predicted octanol–water partition coefficient (Wildman–Crippen LogP) is 3.27. The van der Waals surface area contributed by atoms with E-state index in [9.17, 15) is 4.79 Å². The van der Waals surface area contributed by atoms with Gasteiger partial charge in [-0.2, -0.15) is 16.9 Å². The topological polar surface area (TPSA) is 44.1 Å².